The smallest absolute Gasteiger partial charge is 0.254 e. The van der Waals surface area contributed by atoms with Crippen LogP contribution in [0.1, 0.15) is 21.5 Å². The predicted molar refractivity (Wildman–Crippen MR) is 50.1 cm³/mol. The van der Waals surface area contributed by atoms with E-state index in [0.717, 1.165) is 16.7 Å². The molecule has 0 atom stereocenters. The van der Waals surface area contributed by atoms with E-state index >= 15 is 0 Å². The Morgan fingerprint density at radius 3 is 3.00 bits per heavy atom. The molecule has 0 saturated heterocycles. The number of amides is 1. The van der Waals surface area contributed by atoms with Gasteiger partial charge in [0.25, 0.3) is 5.91 Å². The number of hydrogen-bond donors (Lipinski definition) is 1. The van der Waals surface area contributed by atoms with Crippen molar-refractivity contribution < 1.29 is 4.79 Å². The predicted octanol–water partition coefficient (Wildman–Crippen LogP) is 0.731. The van der Waals surface area contributed by atoms with E-state index in [1.807, 2.05) is 25.2 Å². The van der Waals surface area contributed by atoms with Crippen LogP contribution in [0.5, 0.6) is 0 Å². The highest BCUT2D eigenvalue weighted by Crippen LogP contribution is 2.24. The second-order valence-electron chi connectivity index (χ2n) is 3.31. The van der Waals surface area contributed by atoms with Gasteiger partial charge in [0.2, 0.25) is 0 Å². The maximum absolute atomic E-state index is 11.5. The monoisotopic (exact) mass is 176 g/mol. The summed E-state index contributed by atoms with van der Waals surface area (Å²) >= 11 is 0. The van der Waals surface area contributed by atoms with Crippen molar-refractivity contribution in [1.29, 1.82) is 0 Å². The molecule has 0 spiro atoms. The Morgan fingerprint density at radius 2 is 2.31 bits per heavy atom. The summed E-state index contributed by atoms with van der Waals surface area (Å²) in [6.07, 6.45) is 0. The largest absolute Gasteiger partial charge is 0.337 e. The number of rotatable bonds is 1. The molecule has 0 radical (unpaired) electrons. The molecule has 13 heavy (non-hydrogen) atoms. The second kappa shape index (κ2) is 2.85. The second-order valence-corrected chi connectivity index (χ2v) is 3.31. The third-order valence-corrected chi connectivity index (χ3v) is 2.47. The molecule has 2 rings (SSSR count). The lowest BCUT2D eigenvalue weighted by atomic mass is 10.0. The average Bonchev–Trinajstić information content (AvgIpc) is 2.43. The maximum atomic E-state index is 11.5. The Morgan fingerprint density at radius 1 is 1.54 bits per heavy atom. The first-order valence-electron chi connectivity index (χ1n) is 4.30. The zero-order valence-corrected chi connectivity index (χ0v) is 7.58. The lowest BCUT2D eigenvalue weighted by molar-refractivity contribution is 0.0816. The van der Waals surface area contributed by atoms with Gasteiger partial charge in [-0.15, -0.1) is 0 Å². The third-order valence-electron chi connectivity index (χ3n) is 2.47. The van der Waals surface area contributed by atoms with E-state index in [4.69, 9.17) is 5.73 Å². The van der Waals surface area contributed by atoms with Crippen LogP contribution in [0.2, 0.25) is 0 Å². The minimum atomic E-state index is 0.102. The highest BCUT2D eigenvalue weighted by atomic mass is 16.2. The molecule has 0 fully saturated rings. The number of nitrogens with two attached hydrogens (primary N) is 1. The molecule has 3 heteroatoms. The quantitative estimate of drug-likeness (QED) is 0.685. The molecular weight excluding hydrogens is 164 g/mol. The van der Waals surface area contributed by atoms with Crippen molar-refractivity contribution >= 4 is 5.91 Å². The molecule has 2 N–H and O–H groups in total. The highest BCUT2D eigenvalue weighted by Gasteiger charge is 2.25. The van der Waals surface area contributed by atoms with Gasteiger partial charge in [0, 0.05) is 25.7 Å². The van der Waals surface area contributed by atoms with Gasteiger partial charge in [-0.25, -0.2) is 0 Å². The van der Waals surface area contributed by atoms with Gasteiger partial charge < -0.3 is 10.6 Å². The van der Waals surface area contributed by atoms with Gasteiger partial charge in [0.15, 0.2) is 0 Å². The van der Waals surface area contributed by atoms with Gasteiger partial charge >= 0.3 is 0 Å². The van der Waals surface area contributed by atoms with Gasteiger partial charge in [0.1, 0.15) is 0 Å². The molecule has 0 aliphatic carbocycles. The number of hydrogen-bond acceptors (Lipinski definition) is 2. The minimum absolute atomic E-state index is 0.102. The first-order valence-corrected chi connectivity index (χ1v) is 4.30. The van der Waals surface area contributed by atoms with Crippen LogP contribution >= 0.6 is 0 Å². The molecular formula is C10H12N2O. The summed E-state index contributed by atoms with van der Waals surface area (Å²) in [5.41, 5.74) is 8.57. The molecule has 0 aromatic heterocycles. The van der Waals surface area contributed by atoms with Crippen molar-refractivity contribution in [1.82, 2.24) is 4.90 Å². The Balaban J connectivity index is 2.55. The third kappa shape index (κ3) is 1.12. The van der Waals surface area contributed by atoms with Gasteiger partial charge in [0.05, 0.1) is 0 Å². The lowest BCUT2D eigenvalue weighted by Crippen LogP contribution is -2.17. The molecule has 1 aliphatic heterocycles. The van der Waals surface area contributed by atoms with Crippen molar-refractivity contribution in [2.24, 2.45) is 5.73 Å². The molecule has 0 unspecified atom stereocenters. The maximum Gasteiger partial charge on any atom is 0.254 e. The van der Waals surface area contributed by atoms with Crippen molar-refractivity contribution in [3.05, 3.63) is 34.9 Å². The Labute approximate surface area is 77.1 Å². The molecule has 1 amide bonds. The van der Waals surface area contributed by atoms with E-state index in [1.165, 1.54) is 0 Å². The van der Waals surface area contributed by atoms with Crippen molar-refractivity contribution in [2.75, 3.05) is 7.05 Å². The van der Waals surface area contributed by atoms with E-state index in [-0.39, 0.29) is 5.91 Å². The number of carbonyl (C=O) groups excluding carboxylic acids is 1. The summed E-state index contributed by atoms with van der Waals surface area (Å²) in [5, 5.41) is 0. The van der Waals surface area contributed by atoms with Crippen molar-refractivity contribution in [3.8, 4) is 0 Å². The van der Waals surface area contributed by atoms with Crippen molar-refractivity contribution in [3.63, 3.8) is 0 Å². The van der Waals surface area contributed by atoms with E-state index in [0.29, 0.717) is 13.1 Å². The van der Waals surface area contributed by atoms with Gasteiger partial charge in [-0.3, -0.25) is 4.79 Å². The van der Waals surface area contributed by atoms with Gasteiger partial charge in [-0.1, -0.05) is 12.1 Å². The fraction of sp³-hybridized carbons (Fsp3) is 0.300. The molecule has 0 bridgehead atoms. The van der Waals surface area contributed by atoms with Crippen LogP contribution in [0.3, 0.4) is 0 Å². The van der Waals surface area contributed by atoms with Crippen LogP contribution in [0.25, 0.3) is 0 Å². The summed E-state index contributed by atoms with van der Waals surface area (Å²) in [7, 11) is 1.81. The molecule has 1 heterocycles. The first kappa shape index (κ1) is 8.26. The zero-order chi connectivity index (χ0) is 9.42. The molecule has 68 valence electrons. The molecule has 1 aliphatic rings. The Hall–Kier alpha value is -1.35. The average molecular weight is 176 g/mol. The fourth-order valence-corrected chi connectivity index (χ4v) is 1.73. The lowest BCUT2D eigenvalue weighted by Gasteiger charge is -2.05. The van der Waals surface area contributed by atoms with Crippen molar-refractivity contribution in [2.45, 2.75) is 13.1 Å². The number of carbonyl (C=O) groups is 1. The summed E-state index contributed by atoms with van der Waals surface area (Å²) in [5.74, 6) is 0.102. The summed E-state index contributed by atoms with van der Waals surface area (Å²) in [6, 6.07) is 5.73. The fourth-order valence-electron chi connectivity index (χ4n) is 1.73. The Bertz CT molecular complexity index is 360. The standard InChI is InChI=1S/C10H12N2O/c1-12-6-9-7(5-11)3-2-4-8(9)10(12)13/h2-4H,5-6,11H2,1H3. The SMILES string of the molecule is CN1Cc2c(CN)cccc2C1=O. The van der Waals surface area contributed by atoms with Gasteiger partial charge in [-0.2, -0.15) is 0 Å². The van der Waals surface area contributed by atoms with E-state index in [2.05, 4.69) is 0 Å². The van der Waals surface area contributed by atoms with Crippen LogP contribution in [-0.2, 0) is 13.1 Å². The van der Waals surface area contributed by atoms with E-state index in [9.17, 15) is 4.79 Å². The van der Waals surface area contributed by atoms with E-state index in [1.54, 1.807) is 4.90 Å². The van der Waals surface area contributed by atoms with Crippen LogP contribution in [-0.4, -0.2) is 17.9 Å². The zero-order valence-electron chi connectivity index (χ0n) is 7.58. The molecule has 3 nitrogen and oxygen atoms in total. The summed E-state index contributed by atoms with van der Waals surface area (Å²) in [4.78, 5) is 13.3. The normalized spacial score (nSPS) is 14.9. The van der Waals surface area contributed by atoms with Crippen LogP contribution in [0, 0.1) is 0 Å². The molecule has 0 saturated carbocycles. The Kier molecular flexibility index (Phi) is 1.81. The molecule has 1 aromatic rings. The number of fused-ring (bicyclic) bond motifs is 1. The number of nitrogens with zero attached hydrogens (tertiary/aromatic N) is 1. The topological polar surface area (TPSA) is 46.3 Å². The van der Waals surface area contributed by atoms with Crippen LogP contribution in [0.15, 0.2) is 18.2 Å². The molecule has 1 aromatic carbocycles. The van der Waals surface area contributed by atoms with Gasteiger partial charge in [-0.05, 0) is 17.2 Å². The van der Waals surface area contributed by atoms with Crippen LogP contribution in [0.4, 0.5) is 0 Å². The summed E-state index contributed by atoms with van der Waals surface area (Å²) < 4.78 is 0. The van der Waals surface area contributed by atoms with E-state index < -0.39 is 0 Å². The first-order chi connectivity index (χ1) is 6.24. The number of benzene rings is 1. The highest BCUT2D eigenvalue weighted by molar-refractivity contribution is 5.98. The van der Waals surface area contributed by atoms with Crippen LogP contribution < -0.4 is 5.73 Å². The summed E-state index contributed by atoms with van der Waals surface area (Å²) in [6.45, 7) is 1.20. The minimum Gasteiger partial charge on any atom is -0.337 e.